The van der Waals surface area contributed by atoms with E-state index in [1.807, 2.05) is 50.2 Å². The van der Waals surface area contributed by atoms with Crippen molar-refractivity contribution in [1.82, 2.24) is 15.6 Å². The van der Waals surface area contributed by atoms with Crippen LogP contribution in [0.25, 0.3) is 11.1 Å². The molecule has 0 aliphatic rings. The minimum Gasteiger partial charge on any atom is -0.507 e. The SMILES string of the molecule is Cc1c(COc2cc(O)c(CNCC(O)CC(=O)O)cc2Cl)cccc1-c1cccc(COc2cc(OCc3cncc(C#N)c3)c(CNCC(O)CC(=O)O)cc2Cl)c1C. The van der Waals surface area contributed by atoms with Crippen molar-refractivity contribution >= 4 is 35.1 Å². The normalized spacial score (nSPS) is 12.0. The number of aromatic nitrogens is 1. The average Bonchev–Trinajstić information content (AvgIpc) is 3.21. The second kappa shape index (κ2) is 22.1. The first-order chi connectivity index (χ1) is 29.2. The van der Waals surface area contributed by atoms with Crippen LogP contribution >= 0.6 is 23.2 Å². The summed E-state index contributed by atoms with van der Waals surface area (Å²) in [6.07, 6.45) is 0.0890. The highest BCUT2D eigenvalue weighted by atomic mass is 35.5. The molecule has 7 N–H and O–H groups in total. The molecule has 4 aromatic carbocycles. The maximum atomic E-state index is 11.0. The third kappa shape index (κ3) is 13.3. The van der Waals surface area contributed by atoms with Gasteiger partial charge in [0, 0.05) is 67.4 Å². The maximum absolute atomic E-state index is 11.0. The zero-order valence-corrected chi connectivity index (χ0v) is 35.0. The van der Waals surface area contributed by atoms with Gasteiger partial charge in [0.1, 0.15) is 48.9 Å². The largest absolute Gasteiger partial charge is 0.507 e. The Bertz CT molecular complexity index is 2390. The summed E-state index contributed by atoms with van der Waals surface area (Å²) in [6.45, 7) is 4.85. The number of aromatic hydroxyl groups is 1. The summed E-state index contributed by atoms with van der Waals surface area (Å²) >= 11 is 13.3. The Morgan fingerprint density at radius 3 is 1.75 bits per heavy atom. The van der Waals surface area contributed by atoms with E-state index in [4.69, 9.17) is 47.6 Å². The van der Waals surface area contributed by atoms with E-state index in [9.17, 15) is 30.2 Å². The molecule has 2 unspecified atom stereocenters. The number of aliphatic hydroxyl groups excluding tert-OH is 2. The molecular formula is C45H46Cl2N4O10. The predicted molar refractivity (Wildman–Crippen MR) is 228 cm³/mol. The average molecular weight is 874 g/mol. The van der Waals surface area contributed by atoms with Gasteiger partial charge >= 0.3 is 11.9 Å². The van der Waals surface area contributed by atoms with Gasteiger partial charge in [0.15, 0.2) is 0 Å². The fourth-order valence-electron chi connectivity index (χ4n) is 6.45. The van der Waals surface area contributed by atoms with Gasteiger partial charge in [-0.05, 0) is 65.4 Å². The Morgan fingerprint density at radius 2 is 1.21 bits per heavy atom. The van der Waals surface area contributed by atoms with Crippen LogP contribution < -0.4 is 24.8 Å². The molecule has 320 valence electrons. The van der Waals surface area contributed by atoms with Gasteiger partial charge in [-0.3, -0.25) is 14.6 Å². The Labute approximate surface area is 362 Å². The number of ether oxygens (including phenoxy) is 3. The molecule has 16 heteroatoms. The molecule has 0 aliphatic heterocycles. The molecule has 1 heterocycles. The van der Waals surface area contributed by atoms with Gasteiger partial charge in [-0.25, -0.2) is 0 Å². The van der Waals surface area contributed by atoms with Crippen molar-refractivity contribution < 1.29 is 49.3 Å². The third-order valence-electron chi connectivity index (χ3n) is 9.73. The van der Waals surface area contributed by atoms with Gasteiger partial charge in [-0.2, -0.15) is 5.26 Å². The Kier molecular flexibility index (Phi) is 16.7. The molecule has 0 aliphatic carbocycles. The van der Waals surface area contributed by atoms with Gasteiger partial charge in [0.05, 0.1) is 40.7 Å². The Hall–Kier alpha value is -5.92. The van der Waals surface area contributed by atoms with Crippen molar-refractivity contribution in [3.8, 4) is 40.2 Å². The van der Waals surface area contributed by atoms with Crippen molar-refractivity contribution in [2.45, 2.75) is 71.8 Å². The molecule has 0 fully saturated rings. The lowest BCUT2D eigenvalue weighted by Crippen LogP contribution is -2.28. The highest BCUT2D eigenvalue weighted by Gasteiger charge is 2.18. The summed E-state index contributed by atoms with van der Waals surface area (Å²) in [5.74, 6) is -1.21. The second-order valence-electron chi connectivity index (χ2n) is 14.3. The molecule has 0 bridgehead atoms. The highest BCUT2D eigenvalue weighted by Crippen LogP contribution is 2.37. The van der Waals surface area contributed by atoms with E-state index in [2.05, 4.69) is 21.7 Å². The second-order valence-corrected chi connectivity index (χ2v) is 15.1. The van der Waals surface area contributed by atoms with E-state index in [-0.39, 0.29) is 62.5 Å². The smallest absolute Gasteiger partial charge is 0.306 e. The number of carbonyl (C=O) groups is 2. The van der Waals surface area contributed by atoms with Crippen molar-refractivity contribution in [2.75, 3.05) is 13.1 Å². The number of nitrogens with zero attached hydrogens (tertiary/aromatic N) is 2. The molecule has 61 heavy (non-hydrogen) atoms. The zero-order chi connectivity index (χ0) is 44.1. The van der Waals surface area contributed by atoms with E-state index in [0.29, 0.717) is 38.8 Å². The zero-order valence-electron chi connectivity index (χ0n) is 33.5. The van der Waals surface area contributed by atoms with Crippen molar-refractivity contribution in [3.63, 3.8) is 0 Å². The van der Waals surface area contributed by atoms with E-state index < -0.39 is 37.0 Å². The number of phenolic OH excluding ortho intramolecular Hbond substituents is 1. The fourth-order valence-corrected chi connectivity index (χ4v) is 6.93. The van der Waals surface area contributed by atoms with Crippen molar-refractivity contribution in [3.05, 3.63) is 134 Å². The summed E-state index contributed by atoms with van der Waals surface area (Å²) in [5.41, 5.74) is 7.88. The van der Waals surface area contributed by atoms with Crippen LogP contribution in [0.5, 0.6) is 23.0 Å². The molecule has 0 saturated carbocycles. The van der Waals surface area contributed by atoms with E-state index >= 15 is 0 Å². The molecule has 0 saturated heterocycles. The topological polar surface area (TPSA) is 224 Å². The minimum absolute atomic E-state index is 0.0262. The molecule has 5 rings (SSSR count). The number of hydrogen-bond acceptors (Lipinski definition) is 12. The van der Waals surface area contributed by atoms with Gasteiger partial charge in [-0.1, -0.05) is 59.6 Å². The van der Waals surface area contributed by atoms with E-state index in [1.165, 1.54) is 12.3 Å². The minimum atomic E-state index is -1.11. The first-order valence-electron chi connectivity index (χ1n) is 19.2. The summed E-state index contributed by atoms with van der Waals surface area (Å²) in [4.78, 5) is 25.9. The number of nitriles is 1. The Morgan fingerprint density at radius 1 is 0.705 bits per heavy atom. The number of pyridine rings is 1. The standard InChI is InChI=1S/C45H46Cl2N4O10/c1-26-30(24-60-42-14-40(54)32(10-38(42)46)19-50-21-34(52)12-44(55)56)5-3-7-36(26)37-8-4-6-31(27(37)2)25-61-43-15-41(59-23-29-9-28(16-48)17-49-18-29)33(11-39(43)47)20-51-22-35(53)13-45(57)58/h3-11,14-15,17-18,34-35,50-54H,12-13,19-25H2,1-2H3,(H,55,56)(H,57,58). The van der Waals surface area contributed by atoms with Crippen LogP contribution in [0.2, 0.25) is 10.0 Å². The highest BCUT2D eigenvalue weighted by molar-refractivity contribution is 6.32. The van der Waals surface area contributed by atoms with Gasteiger partial charge in [0.25, 0.3) is 0 Å². The predicted octanol–water partition coefficient (Wildman–Crippen LogP) is 6.84. The van der Waals surface area contributed by atoms with E-state index in [0.717, 1.165) is 33.4 Å². The molecule has 1 aromatic heterocycles. The molecular weight excluding hydrogens is 827 g/mol. The molecule has 0 spiro atoms. The van der Waals surface area contributed by atoms with Crippen LogP contribution in [0.1, 0.15) is 57.3 Å². The fraction of sp³-hybridized carbons (Fsp3) is 0.289. The van der Waals surface area contributed by atoms with Crippen LogP contribution in [-0.2, 0) is 42.5 Å². The van der Waals surface area contributed by atoms with Crippen LogP contribution in [-0.4, -0.2) is 67.8 Å². The summed E-state index contributed by atoms with van der Waals surface area (Å²) in [6, 6.07) is 21.9. The number of aliphatic hydroxyl groups is 2. The van der Waals surface area contributed by atoms with Crippen LogP contribution in [0, 0.1) is 25.2 Å². The Balaban J connectivity index is 1.29. The van der Waals surface area contributed by atoms with E-state index in [1.54, 1.807) is 30.5 Å². The monoisotopic (exact) mass is 872 g/mol. The van der Waals surface area contributed by atoms with Gasteiger partial charge in [-0.15, -0.1) is 0 Å². The number of carboxylic acid groups (broad SMARTS) is 2. The number of rotatable bonds is 22. The number of phenols is 1. The van der Waals surface area contributed by atoms with Crippen LogP contribution in [0.15, 0.2) is 79.1 Å². The first kappa shape index (κ1) is 46.2. The lowest BCUT2D eigenvalue weighted by atomic mass is 9.92. The molecule has 5 aromatic rings. The number of benzene rings is 4. The summed E-state index contributed by atoms with van der Waals surface area (Å²) in [5, 5.41) is 64.2. The molecule has 2 atom stereocenters. The number of carboxylic acids is 2. The quantitative estimate of drug-likeness (QED) is 0.0379. The summed E-state index contributed by atoms with van der Waals surface area (Å²) in [7, 11) is 0. The number of halogens is 2. The van der Waals surface area contributed by atoms with Crippen molar-refractivity contribution in [2.24, 2.45) is 0 Å². The number of aliphatic carboxylic acids is 2. The maximum Gasteiger partial charge on any atom is 0.306 e. The molecule has 0 radical (unpaired) electrons. The first-order valence-corrected chi connectivity index (χ1v) is 19.9. The van der Waals surface area contributed by atoms with Gasteiger partial charge < -0.3 is 50.4 Å². The number of nitrogens with one attached hydrogen (secondary N) is 2. The summed E-state index contributed by atoms with van der Waals surface area (Å²) < 4.78 is 18.5. The third-order valence-corrected chi connectivity index (χ3v) is 10.3. The van der Waals surface area contributed by atoms with Crippen molar-refractivity contribution in [1.29, 1.82) is 5.26 Å². The number of hydrogen-bond donors (Lipinski definition) is 7. The van der Waals surface area contributed by atoms with Crippen LogP contribution in [0.4, 0.5) is 0 Å². The lowest BCUT2D eigenvalue weighted by Gasteiger charge is -2.19. The molecule has 14 nitrogen and oxygen atoms in total. The van der Waals surface area contributed by atoms with Gasteiger partial charge in [0.2, 0.25) is 0 Å². The lowest BCUT2D eigenvalue weighted by molar-refractivity contribution is -0.140. The molecule has 0 amide bonds. The van der Waals surface area contributed by atoms with Crippen LogP contribution in [0.3, 0.4) is 0 Å².